The Labute approximate surface area is 213 Å². The van der Waals surface area contributed by atoms with Crippen LogP contribution in [0.1, 0.15) is 13.3 Å². The van der Waals surface area contributed by atoms with Crippen LogP contribution in [-0.2, 0) is 25.8 Å². The first kappa shape index (κ1) is 23.8. The van der Waals surface area contributed by atoms with Gasteiger partial charge in [-0.25, -0.2) is 4.68 Å². The van der Waals surface area contributed by atoms with E-state index >= 15 is 0 Å². The van der Waals surface area contributed by atoms with E-state index in [1.807, 2.05) is 55.5 Å². The van der Waals surface area contributed by atoms with Crippen LogP contribution in [0.3, 0.4) is 0 Å². The van der Waals surface area contributed by atoms with E-state index in [1.54, 1.807) is 21.5 Å². The molecule has 0 saturated carbocycles. The van der Waals surface area contributed by atoms with Crippen molar-refractivity contribution in [1.82, 2.24) is 29.7 Å². The summed E-state index contributed by atoms with van der Waals surface area (Å²) in [6.07, 6.45) is 7.71. The molecule has 1 aromatic carbocycles. The van der Waals surface area contributed by atoms with Crippen molar-refractivity contribution in [3.8, 4) is 0 Å². The summed E-state index contributed by atoms with van der Waals surface area (Å²) in [7, 11) is 1.71. The van der Waals surface area contributed by atoms with Gasteiger partial charge in [0.05, 0.1) is 23.0 Å². The summed E-state index contributed by atoms with van der Waals surface area (Å²) in [4.78, 5) is 46.5. The first-order chi connectivity index (χ1) is 17.8. The van der Waals surface area contributed by atoms with Crippen LogP contribution in [0.5, 0.6) is 0 Å². The molecule has 0 bridgehead atoms. The Morgan fingerprint density at radius 2 is 1.84 bits per heavy atom. The number of ether oxygens (including phenoxy) is 1. The normalized spacial score (nSPS) is 33.1. The van der Waals surface area contributed by atoms with Gasteiger partial charge in [0.1, 0.15) is 23.8 Å². The van der Waals surface area contributed by atoms with Gasteiger partial charge in [-0.1, -0.05) is 41.7 Å². The molecule has 11 heteroatoms. The SMILES string of the molecule is CN1CC=C[C@@]2(C)O[C@]34C=CCN(Cn5nnc6ccccc65)C(=O)C3N(CCCO)C(=O)[C@@H]4[C@H]2C1=O. The lowest BCUT2D eigenvalue weighted by Crippen LogP contribution is -2.56. The fraction of sp³-hybridized carbons (Fsp3) is 0.500. The number of fused-ring (bicyclic) bond motifs is 3. The Kier molecular flexibility index (Phi) is 5.46. The van der Waals surface area contributed by atoms with Crippen molar-refractivity contribution in [3.05, 3.63) is 48.6 Å². The number of aromatic nitrogens is 3. The van der Waals surface area contributed by atoms with Crippen LogP contribution in [-0.4, -0.2) is 103 Å². The first-order valence-corrected chi connectivity index (χ1v) is 12.6. The predicted octanol–water partition coefficient (Wildman–Crippen LogP) is 0.169. The van der Waals surface area contributed by atoms with Crippen molar-refractivity contribution in [2.75, 3.05) is 33.3 Å². The molecular formula is C26H30N6O5. The highest BCUT2D eigenvalue weighted by atomic mass is 16.5. The highest BCUT2D eigenvalue weighted by Crippen LogP contribution is 2.57. The topological polar surface area (TPSA) is 121 Å². The summed E-state index contributed by atoms with van der Waals surface area (Å²) in [6, 6.07) is 6.53. The lowest BCUT2D eigenvalue weighted by Gasteiger charge is -2.37. The minimum Gasteiger partial charge on any atom is -0.396 e. The molecule has 6 rings (SSSR count). The van der Waals surface area contributed by atoms with Crippen molar-refractivity contribution in [2.45, 2.75) is 37.3 Å². The molecular weight excluding hydrogens is 476 g/mol. The molecule has 3 amide bonds. The molecule has 5 atom stereocenters. The molecule has 1 aromatic heterocycles. The van der Waals surface area contributed by atoms with Gasteiger partial charge in [0.2, 0.25) is 11.8 Å². The van der Waals surface area contributed by atoms with Gasteiger partial charge in [0, 0.05) is 33.3 Å². The van der Waals surface area contributed by atoms with Crippen LogP contribution in [0.25, 0.3) is 11.0 Å². The zero-order chi connectivity index (χ0) is 25.9. The third-order valence-electron chi connectivity index (χ3n) is 8.12. The highest BCUT2D eigenvalue weighted by molar-refractivity contribution is 6.00. The predicted molar refractivity (Wildman–Crippen MR) is 132 cm³/mol. The largest absolute Gasteiger partial charge is 0.396 e. The minimum absolute atomic E-state index is 0.126. The lowest BCUT2D eigenvalue weighted by molar-refractivity contribution is -0.153. The lowest BCUT2D eigenvalue weighted by atomic mass is 9.74. The summed E-state index contributed by atoms with van der Waals surface area (Å²) in [5.74, 6) is -2.39. The fourth-order valence-corrected chi connectivity index (χ4v) is 6.48. The Bertz CT molecular complexity index is 1340. The maximum absolute atomic E-state index is 14.2. The molecule has 1 spiro atoms. The van der Waals surface area contributed by atoms with Crippen molar-refractivity contribution >= 4 is 28.8 Å². The molecule has 194 valence electrons. The molecule has 4 aliphatic heterocycles. The van der Waals surface area contributed by atoms with Gasteiger partial charge in [-0.15, -0.1) is 5.10 Å². The molecule has 4 aliphatic rings. The number of amides is 3. The van der Waals surface area contributed by atoms with Gasteiger partial charge in [0.25, 0.3) is 5.91 Å². The molecule has 0 radical (unpaired) electrons. The van der Waals surface area contributed by atoms with E-state index in [1.165, 1.54) is 4.90 Å². The Morgan fingerprint density at radius 3 is 2.65 bits per heavy atom. The number of benzene rings is 1. The van der Waals surface area contributed by atoms with Crippen LogP contribution in [0, 0.1) is 11.8 Å². The summed E-state index contributed by atoms with van der Waals surface area (Å²) >= 11 is 0. The number of para-hydroxylation sites is 1. The Balaban J connectivity index is 1.42. The molecule has 1 unspecified atom stereocenters. The van der Waals surface area contributed by atoms with Gasteiger partial charge in [-0.2, -0.15) is 0 Å². The molecule has 1 N–H and O–H groups in total. The van der Waals surface area contributed by atoms with E-state index < -0.39 is 29.1 Å². The van der Waals surface area contributed by atoms with Gasteiger partial charge < -0.3 is 24.5 Å². The van der Waals surface area contributed by atoms with Crippen LogP contribution in [0.15, 0.2) is 48.6 Å². The van der Waals surface area contributed by atoms with Gasteiger partial charge in [-0.3, -0.25) is 14.4 Å². The van der Waals surface area contributed by atoms with Gasteiger partial charge in [0.15, 0.2) is 0 Å². The van der Waals surface area contributed by atoms with Gasteiger partial charge in [-0.05, 0) is 25.5 Å². The third kappa shape index (κ3) is 3.37. The number of hydrogen-bond donors (Lipinski definition) is 1. The molecule has 2 aromatic rings. The number of carbonyl (C=O) groups excluding carboxylic acids is 3. The molecule has 0 aliphatic carbocycles. The van der Waals surface area contributed by atoms with Crippen molar-refractivity contribution in [3.63, 3.8) is 0 Å². The van der Waals surface area contributed by atoms with Crippen LogP contribution >= 0.6 is 0 Å². The number of likely N-dealkylation sites (N-methyl/N-ethyl adjacent to an activating group) is 1. The molecule has 37 heavy (non-hydrogen) atoms. The average molecular weight is 507 g/mol. The average Bonchev–Trinajstić information content (AvgIpc) is 3.41. The monoisotopic (exact) mass is 506 g/mol. The van der Waals surface area contributed by atoms with E-state index in [4.69, 9.17) is 4.74 Å². The number of aliphatic hydroxyl groups excluding tert-OH is 1. The quantitative estimate of drug-likeness (QED) is 0.574. The number of likely N-dealkylation sites (tertiary alicyclic amines) is 1. The standard InChI is InChI=1S/C26H30N6O5/c1-25-10-5-12-29(2)22(34)19(25)20-23(35)31(14-7-15-33)21-24(36)30(13-6-11-26(20,21)37-25)16-32-18-9-4-3-8-17(18)27-28-32/h3-6,8-11,19-21,33H,7,12-16H2,1-2H3/t19-,20-,21?,25+,26-/m0/s1. The summed E-state index contributed by atoms with van der Waals surface area (Å²) in [6.45, 7) is 2.74. The van der Waals surface area contributed by atoms with Crippen molar-refractivity contribution in [1.29, 1.82) is 0 Å². The molecule has 2 saturated heterocycles. The maximum Gasteiger partial charge on any atom is 0.250 e. The summed E-state index contributed by atoms with van der Waals surface area (Å²) in [5, 5.41) is 18.0. The minimum atomic E-state index is -1.31. The Morgan fingerprint density at radius 1 is 1.05 bits per heavy atom. The zero-order valence-corrected chi connectivity index (χ0v) is 20.9. The third-order valence-corrected chi connectivity index (χ3v) is 8.12. The second-order valence-electron chi connectivity index (χ2n) is 10.4. The summed E-state index contributed by atoms with van der Waals surface area (Å²) in [5.41, 5.74) is -0.827. The van der Waals surface area contributed by atoms with E-state index in [9.17, 15) is 19.5 Å². The Hall–Kier alpha value is -3.57. The number of nitrogens with zero attached hydrogens (tertiary/aromatic N) is 6. The summed E-state index contributed by atoms with van der Waals surface area (Å²) < 4.78 is 8.38. The maximum atomic E-state index is 14.2. The van der Waals surface area contributed by atoms with Crippen molar-refractivity contribution < 1.29 is 24.2 Å². The first-order valence-electron chi connectivity index (χ1n) is 12.6. The van der Waals surface area contributed by atoms with E-state index in [0.717, 1.165) is 11.0 Å². The number of hydrogen-bond acceptors (Lipinski definition) is 7. The number of aliphatic hydroxyl groups is 1. The van der Waals surface area contributed by atoms with E-state index in [0.29, 0.717) is 13.0 Å². The number of rotatable bonds is 5. The van der Waals surface area contributed by atoms with Crippen LogP contribution in [0.4, 0.5) is 0 Å². The smallest absolute Gasteiger partial charge is 0.250 e. The zero-order valence-electron chi connectivity index (χ0n) is 20.9. The van der Waals surface area contributed by atoms with Crippen molar-refractivity contribution in [2.24, 2.45) is 11.8 Å². The molecule has 2 fully saturated rings. The highest BCUT2D eigenvalue weighted by Gasteiger charge is 2.74. The second-order valence-corrected chi connectivity index (χ2v) is 10.4. The van der Waals surface area contributed by atoms with E-state index in [2.05, 4.69) is 10.3 Å². The van der Waals surface area contributed by atoms with Gasteiger partial charge >= 0.3 is 0 Å². The fourth-order valence-electron chi connectivity index (χ4n) is 6.48. The number of carbonyl (C=O) groups is 3. The molecule has 5 heterocycles. The van der Waals surface area contributed by atoms with E-state index in [-0.39, 0.29) is 44.1 Å². The second kappa shape index (κ2) is 8.49. The molecule has 11 nitrogen and oxygen atoms in total. The van der Waals surface area contributed by atoms with Crippen LogP contribution < -0.4 is 0 Å². The van der Waals surface area contributed by atoms with Crippen LogP contribution in [0.2, 0.25) is 0 Å².